The first kappa shape index (κ1) is 24.5. The van der Waals surface area contributed by atoms with Gasteiger partial charge in [0, 0.05) is 38.6 Å². The lowest BCUT2D eigenvalue weighted by Crippen LogP contribution is -2.49. The standard InChI is InChI=1S/C23H35N5O.HI/c1-4-25-23(26-12-5-6-16-29-21-9-7-19(2)8-10-21)27-14-11-20(3)22(17-27)28-15-13-24-18-28;/h7-10,13,15,18,20,22H,4-6,11-12,14,16-17H2,1-3H3,(H,25,26);1H. The molecule has 0 aliphatic carbocycles. The first-order chi connectivity index (χ1) is 14.2. The van der Waals surface area contributed by atoms with Crippen molar-refractivity contribution in [1.29, 1.82) is 0 Å². The molecule has 6 nitrogen and oxygen atoms in total. The van der Waals surface area contributed by atoms with Crippen molar-refractivity contribution in [2.24, 2.45) is 10.9 Å². The highest BCUT2D eigenvalue weighted by Gasteiger charge is 2.28. The van der Waals surface area contributed by atoms with Crippen LogP contribution in [0.25, 0.3) is 0 Å². The molecule has 166 valence electrons. The topological polar surface area (TPSA) is 54.7 Å². The van der Waals surface area contributed by atoms with Gasteiger partial charge in [0.2, 0.25) is 0 Å². The number of aliphatic imine (C=N–C) groups is 1. The Morgan fingerprint density at radius 2 is 2.07 bits per heavy atom. The average Bonchev–Trinajstić information content (AvgIpc) is 3.26. The van der Waals surface area contributed by atoms with Crippen molar-refractivity contribution in [1.82, 2.24) is 19.8 Å². The predicted molar refractivity (Wildman–Crippen MR) is 134 cm³/mol. The number of aromatic nitrogens is 2. The van der Waals surface area contributed by atoms with Crippen molar-refractivity contribution < 1.29 is 4.74 Å². The molecule has 1 aromatic carbocycles. The van der Waals surface area contributed by atoms with E-state index in [1.165, 1.54) is 5.56 Å². The van der Waals surface area contributed by atoms with Gasteiger partial charge < -0.3 is 19.5 Å². The lowest BCUT2D eigenvalue weighted by atomic mass is 9.93. The molecule has 0 saturated carbocycles. The number of ether oxygens (including phenoxy) is 1. The highest BCUT2D eigenvalue weighted by atomic mass is 127. The maximum atomic E-state index is 5.82. The number of likely N-dealkylation sites (tertiary alicyclic amines) is 1. The van der Waals surface area contributed by atoms with Gasteiger partial charge in [0.05, 0.1) is 19.0 Å². The number of rotatable bonds is 8. The number of hydrogen-bond donors (Lipinski definition) is 1. The summed E-state index contributed by atoms with van der Waals surface area (Å²) in [5, 5.41) is 3.47. The van der Waals surface area contributed by atoms with Crippen LogP contribution >= 0.6 is 24.0 Å². The second kappa shape index (κ2) is 12.8. The number of nitrogens with one attached hydrogen (secondary N) is 1. The molecule has 2 unspecified atom stereocenters. The van der Waals surface area contributed by atoms with Crippen LogP contribution in [0.2, 0.25) is 0 Å². The molecule has 1 saturated heterocycles. The van der Waals surface area contributed by atoms with Crippen LogP contribution in [0.1, 0.15) is 44.7 Å². The molecule has 1 fully saturated rings. The number of hydrogen-bond acceptors (Lipinski definition) is 3. The molecule has 1 aliphatic rings. The zero-order chi connectivity index (χ0) is 20.5. The number of guanidine groups is 1. The number of aryl methyl sites for hydroxylation is 1. The Balaban J connectivity index is 0.00000320. The minimum Gasteiger partial charge on any atom is -0.494 e. The molecular formula is C23H36IN5O. The fourth-order valence-electron chi connectivity index (χ4n) is 3.74. The van der Waals surface area contributed by atoms with Gasteiger partial charge in [-0.2, -0.15) is 0 Å². The molecule has 7 heteroatoms. The van der Waals surface area contributed by atoms with Crippen molar-refractivity contribution in [3.63, 3.8) is 0 Å². The van der Waals surface area contributed by atoms with Crippen molar-refractivity contribution in [3.8, 4) is 5.75 Å². The number of unbranched alkanes of at least 4 members (excludes halogenated alkanes) is 1. The highest BCUT2D eigenvalue weighted by molar-refractivity contribution is 14.0. The molecule has 0 amide bonds. The molecule has 30 heavy (non-hydrogen) atoms. The van der Waals surface area contributed by atoms with Gasteiger partial charge in [-0.15, -0.1) is 24.0 Å². The van der Waals surface area contributed by atoms with Crippen LogP contribution in [-0.4, -0.2) is 53.2 Å². The van der Waals surface area contributed by atoms with E-state index < -0.39 is 0 Å². The van der Waals surface area contributed by atoms with Gasteiger partial charge in [-0.05, 0) is 51.2 Å². The zero-order valence-electron chi connectivity index (χ0n) is 18.5. The fourth-order valence-corrected chi connectivity index (χ4v) is 3.74. The molecule has 1 aliphatic heterocycles. The number of nitrogens with zero attached hydrogens (tertiary/aromatic N) is 4. The third-order valence-corrected chi connectivity index (χ3v) is 5.56. The Bertz CT molecular complexity index is 747. The van der Waals surface area contributed by atoms with E-state index in [9.17, 15) is 0 Å². The van der Waals surface area contributed by atoms with Gasteiger partial charge in [0.15, 0.2) is 5.96 Å². The number of imidazole rings is 1. The van der Waals surface area contributed by atoms with E-state index in [1.807, 2.05) is 24.7 Å². The van der Waals surface area contributed by atoms with Crippen LogP contribution in [0.5, 0.6) is 5.75 Å². The molecule has 0 bridgehead atoms. The van der Waals surface area contributed by atoms with E-state index in [4.69, 9.17) is 9.73 Å². The second-order valence-electron chi connectivity index (χ2n) is 7.89. The van der Waals surface area contributed by atoms with Gasteiger partial charge in [-0.25, -0.2) is 4.98 Å². The van der Waals surface area contributed by atoms with Gasteiger partial charge in [-0.1, -0.05) is 24.6 Å². The molecule has 1 aromatic heterocycles. The van der Waals surface area contributed by atoms with Crippen molar-refractivity contribution in [3.05, 3.63) is 48.5 Å². The van der Waals surface area contributed by atoms with E-state index >= 15 is 0 Å². The van der Waals surface area contributed by atoms with E-state index in [0.29, 0.717) is 12.0 Å². The molecular weight excluding hydrogens is 489 g/mol. The maximum absolute atomic E-state index is 5.82. The SMILES string of the molecule is CCNC(=NCCCCOc1ccc(C)cc1)N1CCC(C)C(n2ccnc2)C1.I. The first-order valence-electron chi connectivity index (χ1n) is 10.9. The van der Waals surface area contributed by atoms with Crippen molar-refractivity contribution in [2.45, 2.75) is 46.1 Å². The van der Waals surface area contributed by atoms with E-state index in [0.717, 1.165) is 63.8 Å². The molecule has 0 spiro atoms. The van der Waals surface area contributed by atoms with Crippen LogP contribution in [0, 0.1) is 12.8 Å². The highest BCUT2D eigenvalue weighted by Crippen LogP contribution is 2.27. The van der Waals surface area contributed by atoms with Crippen molar-refractivity contribution in [2.75, 3.05) is 32.8 Å². The summed E-state index contributed by atoms with van der Waals surface area (Å²) in [5.74, 6) is 2.62. The first-order valence-corrected chi connectivity index (χ1v) is 10.9. The lowest BCUT2D eigenvalue weighted by molar-refractivity contribution is 0.189. The number of piperidine rings is 1. The molecule has 1 N–H and O–H groups in total. The summed E-state index contributed by atoms with van der Waals surface area (Å²) in [7, 11) is 0. The Morgan fingerprint density at radius 3 is 2.77 bits per heavy atom. The molecule has 3 rings (SSSR count). The summed E-state index contributed by atoms with van der Waals surface area (Å²) in [4.78, 5) is 11.5. The van der Waals surface area contributed by atoms with Gasteiger partial charge >= 0.3 is 0 Å². The summed E-state index contributed by atoms with van der Waals surface area (Å²) < 4.78 is 8.05. The fraction of sp³-hybridized carbons (Fsp3) is 0.565. The normalized spacial score (nSPS) is 19.3. The summed E-state index contributed by atoms with van der Waals surface area (Å²) >= 11 is 0. The zero-order valence-corrected chi connectivity index (χ0v) is 20.8. The molecule has 2 aromatic rings. The average molecular weight is 525 g/mol. The summed E-state index contributed by atoms with van der Waals surface area (Å²) in [6.45, 7) is 11.0. The Kier molecular flexibility index (Phi) is 10.5. The molecule has 2 heterocycles. The minimum atomic E-state index is 0. The third-order valence-electron chi connectivity index (χ3n) is 5.56. The molecule has 0 radical (unpaired) electrons. The lowest BCUT2D eigenvalue weighted by Gasteiger charge is -2.39. The van der Waals surface area contributed by atoms with E-state index in [1.54, 1.807) is 0 Å². The van der Waals surface area contributed by atoms with Crippen LogP contribution in [0.3, 0.4) is 0 Å². The summed E-state index contributed by atoms with van der Waals surface area (Å²) in [5.41, 5.74) is 1.25. The van der Waals surface area contributed by atoms with Crippen LogP contribution in [-0.2, 0) is 0 Å². The Labute approximate surface area is 198 Å². The second-order valence-corrected chi connectivity index (χ2v) is 7.89. The number of halogens is 1. The Morgan fingerprint density at radius 1 is 1.27 bits per heavy atom. The summed E-state index contributed by atoms with van der Waals surface area (Å²) in [6, 6.07) is 8.67. The quantitative estimate of drug-likeness (QED) is 0.239. The Hall–Kier alpha value is -1.77. The monoisotopic (exact) mass is 525 g/mol. The number of benzene rings is 1. The third kappa shape index (κ3) is 7.18. The van der Waals surface area contributed by atoms with Gasteiger partial charge in [0.1, 0.15) is 5.75 Å². The van der Waals surface area contributed by atoms with E-state index in [-0.39, 0.29) is 24.0 Å². The maximum Gasteiger partial charge on any atom is 0.193 e. The predicted octanol–water partition coefficient (Wildman–Crippen LogP) is 4.52. The van der Waals surface area contributed by atoms with Crippen LogP contribution in [0.15, 0.2) is 48.0 Å². The van der Waals surface area contributed by atoms with Gasteiger partial charge in [-0.3, -0.25) is 4.99 Å². The van der Waals surface area contributed by atoms with Gasteiger partial charge in [0.25, 0.3) is 0 Å². The van der Waals surface area contributed by atoms with E-state index in [2.05, 4.69) is 58.9 Å². The van der Waals surface area contributed by atoms with Crippen LogP contribution < -0.4 is 10.1 Å². The smallest absolute Gasteiger partial charge is 0.193 e. The summed E-state index contributed by atoms with van der Waals surface area (Å²) in [6.07, 6.45) is 9.06. The molecule has 2 atom stereocenters. The largest absolute Gasteiger partial charge is 0.494 e. The van der Waals surface area contributed by atoms with Crippen LogP contribution in [0.4, 0.5) is 0 Å². The van der Waals surface area contributed by atoms with Crippen molar-refractivity contribution >= 4 is 29.9 Å². The minimum absolute atomic E-state index is 0.